The third-order valence-corrected chi connectivity index (χ3v) is 6.17. The molecule has 1 atom stereocenters. The van der Waals surface area contributed by atoms with Crippen molar-refractivity contribution < 1.29 is 24.2 Å². The van der Waals surface area contributed by atoms with E-state index >= 15 is 0 Å². The van der Waals surface area contributed by atoms with E-state index in [1.54, 1.807) is 42.3 Å². The first-order chi connectivity index (χ1) is 17.3. The first-order valence-corrected chi connectivity index (χ1v) is 12.2. The molecular formula is C25H28Cl2N4O5. The molecule has 192 valence electrons. The van der Waals surface area contributed by atoms with Crippen LogP contribution in [0.25, 0.3) is 0 Å². The lowest BCUT2D eigenvalue weighted by Crippen LogP contribution is -2.46. The molecule has 11 heteroatoms. The molecule has 2 amide bonds. The zero-order chi connectivity index (χ0) is 26.1. The lowest BCUT2D eigenvalue weighted by Gasteiger charge is -2.22. The molecule has 0 bridgehead atoms. The van der Waals surface area contributed by atoms with Crippen LogP contribution in [0.2, 0.25) is 10.0 Å². The van der Waals surface area contributed by atoms with Crippen LogP contribution < -0.4 is 15.4 Å². The maximum absolute atomic E-state index is 12.6. The van der Waals surface area contributed by atoms with Gasteiger partial charge in [0.15, 0.2) is 5.84 Å². The zero-order valence-electron chi connectivity index (χ0n) is 19.8. The van der Waals surface area contributed by atoms with Gasteiger partial charge < -0.3 is 25.4 Å². The van der Waals surface area contributed by atoms with Crippen molar-refractivity contribution in [1.29, 1.82) is 0 Å². The highest BCUT2D eigenvalue weighted by Gasteiger charge is 2.24. The minimum Gasteiger partial charge on any atom is -0.494 e. The van der Waals surface area contributed by atoms with Gasteiger partial charge in [-0.3, -0.25) is 14.6 Å². The summed E-state index contributed by atoms with van der Waals surface area (Å²) in [6.07, 6.45) is 1.67. The Hall–Kier alpha value is -3.30. The van der Waals surface area contributed by atoms with Gasteiger partial charge in [0.25, 0.3) is 11.8 Å². The summed E-state index contributed by atoms with van der Waals surface area (Å²) in [5, 5.41) is 15.4. The molecule has 0 unspecified atom stereocenters. The number of halogens is 2. The van der Waals surface area contributed by atoms with Gasteiger partial charge in [-0.05, 0) is 42.7 Å². The fourth-order valence-corrected chi connectivity index (χ4v) is 4.09. The van der Waals surface area contributed by atoms with Crippen molar-refractivity contribution in [2.24, 2.45) is 4.99 Å². The van der Waals surface area contributed by atoms with Crippen molar-refractivity contribution in [3.05, 3.63) is 63.6 Å². The molecule has 3 rings (SSSR count). The van der Waals surface area contributed by atoms with Gasteiger partial charge in [-0.1, -0.05) is 41.4 Å². The molecule has 1 heterocycles. The number of carbonyl (C=O) groups is 3. The Morgan fingerprint density at radius 2 is 1.83 bits per heavy atom. The summed E-state index contributed by atoms with van der Waals surface area (Å²) in [5.41, 5.74) is 0.754. The molecule has 36 heavy (non-hydrogen) atoms. The summed E-state index contributed by atoms with van der Waals surface area (Å²) in [6, 6.07) is 10.5. The van der Waals surface area contributed by atoms with Crippen LogP contribution in [0.1, 0.15) is 28.8 Å². The van der Waals surface area contributed by atoms with Gasteiger partial charge in [0.1, 0.15) is 11.8 Å². The van der Waals surface area contributed by atoms with Gasteiger partial charge >= 0.3 is 5.97 Å². The highest BCUT2D eigenvalue weighted by Crippen LogP contribution is 2.24. The molecule has 0 saturated carbocycles. The van der Waals surface area contributed by atoms with Crippen molar-refractivity contribution in [1.82, 2.24) is 15.5 Å². The number of rotatable bonds is 11. The van der Waals surface area contributed by atoms with E-state index in [0.29, 0.717) is 43.4 Å². The van der Waals surface area contributed by atoms with E-state index in [0.717, 1.165) is 12.8 Å². The second kappa shape index (κ2) is 13.1. The molecule has 0 fully saturated rings. The number of benzene rings is 2. The molecule has 3 N–H and O–H groups in total. The lowest BCUT2D eigenvalue weighted by atomic mass is 10.1. The van der Waals surface area contributed by atoms with E-state index < -0.39 is 17.9 Å². The van der Waals surface area contributed by atoms with Crippen LogP contribution in [0.15, 0.2) is 47.5 Å². The lowest BCUT2D eigenvalue weighted by molar-refractivity contribution is -0.139. The van der Waals surface area contributed by atoms with Crippen LogP contribution in [0, 0.1) is 0 Å². The number of ether oxygens (including phenoxy) is 1. The molecule has 0 saturated heterocycles. The molecule has 2 aromatic rings. The van der Waals surface area contributed by atoms with Gasteiger partial charge in [-0.25, -0.2) is 4.79 Å². The molecule has 0 radical (unpaired) electrons. The van der Waals surface area contributed by atoms with Crippen LogP contribution >= 0.6 is 23.2 Å². The summed E-state index contributed by atoms with van der Waals surface area (Å²) in [4.78, 5) is 42.1. The molecule has 1 aliphatic rings. The van der Waals surface area contributed by atoms with Crippen LogP contribution in [-0.2, 0) is 16.0 Å². The highest BCUT2D eigenvalue weighted by atomic mass is 35.5. The molecule has 0 spiro atoms. The zero-order valence-corrected chi connectivity index (χ0v) is 21.3. The quantitative estimate of drug-likeness (QED) is 0.381. The van der Waals surface area contributed by atoms with E-state index in [1.807, 2.05) is 0 Å². The van der Waals surface area contributed by atoms with Gasteiger partial charge in [0.05, 0.1) is 28.8 Å². The number of amidine groups is 1. The average molecular weight is 535 g/mol. The maximum Gasteiger partial charge on any atom is 0.326 e. The number of aliphatic carboxylic acids is 1. The number of likely N-dealkylation sites (N-methyl/N-ethyl adjacent to an activating group) is 1. The summed E-state index contributed by atoms with van der Waals surface area (Å²) in [5.74, 6) is -0.854. The number of carboxylic acid groups (broad SMARTS) is 1. The second-order valence-corrected chi connectivity index (χ2v) is 9.06. The van der Waals surface area contributed by atoms with Gasteiger partial charge in [-0.15, -0.1) is 0 Å². The minimum atomic E-state index is -1.17. The number of unbranched alkanes of at least 4 members (excludes halogenated alkanes) is 1. The summed E-state index contributed by atoms with van der Waals surface area (Å²) in [7, 11) is 1.76. The summed E-state index contributed by atoms with van der Waals surface area (Å²) >= 11 is 12.1. The molecular weight excluding hydrogens is 507 g/mol. The van der Waals surface area contributed by atoms with E-state index in [1.165, 1.54) is 12.1 Å². The van der Waals surface area contributed by atoms with Crippen molar-refractivity contribution in [3.8, 4) is 5.75 Å². The third kappa shape index (κ3) is 7.60. The highest BCUT2D eigenvalue weighted by molar-refractivity contribution is 6.39. The van der Waals surface area contributed by atoms with Crippen molar-refractivity contribution in [2.75, 3.05) is 33.3 Å². The Bertz CT molecular complexity index is 1100. The SMILES string of the molecule is CN1CCN=C(NCCCCOc2ccc(C[C@@H](NC(=O)c3c(Cl)cccc3Cl)C(=O)O)cc2)C1=O. The van der Waals surface area contributed by atoms with Crippen molar-refractivity contribution in [3.63, 3.8) is 0 Å². The number of carboxylic acids is 1. The van der Waals surface area contributed by atoms with E-state index in [2.05, 4.69) is 15.6 Å². The Kier molecular flexibility index (Phi) is 9.95. The Balaban J connectivity index is 1.43. The number of aliphatic imine (C=N–C) groups is 1. The van der Waals surface area contributed by atoms with Gasteiger partial charge in [-0.2, -0.15) is 0 Å². The largest absolute Gasteiger partial charge is 0.494 e. The van der Waals surface area contributed by atoms with Crippen LogP contribution in [0.5, 0.6) is 5.75 Å². The van der Waals surface area contributed by atoms with E-state index in [4.69, 9.17) is 27.9 Å². The van der Waals surface area contributed by atoms with Crippen LogP contribution in [-0.4, -0.2) is 73.0 Å². The molecule has 0 aliphatic carbocycles. The standard InChI is InChI=1S/C25H28Cl2N4O5/c1-31-13-12-29-22(24(31)33)28-11-2-3-14-36-17-9-7-16(8-10-17)15-20(25(34)35)30-23(32)21-18(26)5-4-6-19(21)27/h4-10,20H,2-3,11-15H2,1H3,(H,28,29)(H,30,32)(H,34,35)/t20-/m1/s1. The first-order valence-electron chi connectivity index (χ1n) is 11.5. The van der Waals surface area contributed by atoms with Crippen LogP contribution in [0.4, 0.5) is 0 Å². The Labute approximate surface area is 219 Å². The number of amides is 2. The Morgan fingerprint density at radius 1 is 1.14 bits per heavy atom. The molecule has 2 aromatic carbocycles. The van der Waals surface area contributed by atoms with E-state index in [-0.39, 0.29) is 27.9 Å². The smallest absolute Gasteiger partial charge is 0.326 e. The fraction of sp³-hybridized carbons (Fsp3) is 0.360. The maximum atomic E-state index is 12.6. The van der Waals surface area contributed by atoms with Gasteiger partial charge in [0.2, 0.25) is 0 Å². The summed E-state index contributed by atoms with van der Waals surface area (Å²) in [6.45, 7) is 2.37. The number of nitrogens with zero attached hydrogens (tertiary/aromatic N) is 2. The molecule has 9 nitrogen and oxygen atoms in total. The molecule has 1 aliphatic heterocycles. The topological polar surface area (TPSA) is 120 Å². The summed E-state index contributed by atoms with van der Waals surface area (Å²) < 4.78 is 5.74. The second-order valence-electron chi connectivity index (χ2n) is 8.25. The number of nitrogens with one attached hydrogen (secondary N) is 2. The fourth-order valence-electron chi connectivity index (χ4n) is 3.52. The number of carbonyl (C=O) groups excluding carboxylic acids is 2. The predicted octanol–water partition coefficient (Wildman–Crippen LogP) is 3.04. The third-order valence-electron chi connectivity index (χ3n) is 5.54. The average Bonchev–Trinajstić information content (AvgIpc) is 2.84. The Morgan fingerprint density at radius 3 is 2.50 bits per heavy atom. The van der Waals surface area contributed by atoms with E-state index in [9.17, 15) is 19.5 Å². The van der Waals surface area contributed by atoms with Gasteiger partial charge in [0, 0.05) is 26.6 Å². The predicted molar refractivity (Wildman–Crippen MR) is 138 cm³/mol. The molecule has 0 aromatic heterocycles. The van der Waals surface area contributed by atoms with Crippen molar-refractivity contribution >= 4 is 46.8 Å². The number of hydrogen-bond acceptors (Lipinski definition) is 6. The van der Waals surface area contributed by atoms with Crippen molar-refractivity contribution in [2.45, 2.75) is 25.3 Å². The first kappa shape index (κ1) is 27.3. The minimum absolute atomic E-state index is 0.0386. The number of hydrogen-bond donors (Lipinski definition) is 3. The monoisotopic (exact) mass is 534 g/mol. The normalized spacial score (nSPS) is 14.1. The van der Waals surface area contributed by atoms with Crippen LogP contribution in [0.3, 0.4) is 0 Å².